The molecular formula is C14H11BrFNO3. The van der Waals surface area contributed by atoms with Crippen LogP contribution >= 0.6 is 15.9 Å². The van der Waals surface area contributed by atoms with Crippen molar-refractivity contribution in [3.05, 3.63) is 74.0 Å². The zero-order chi connectivity index (χ0) is 14.7. The molecule has 20 heavy (non-hydrogen) atoms. The minimum absolute atomic E-state index is 0.00719. The first-order valence-electron chi connectivity index (χ1n) is 5.83. The highest BCUT2D eigenvalue weighted by molar-refractivity contribution is 9.10. The van der Waals surface area contributed by atoms with Gasteiger partial charge >= 0.3 is 0 Å². The molecule has 2 aromatic rings. The Morgan fingerprint density at radius 2 is 1.90 bits per heavy atom. The number of nitro benzene ring substituents is 1. The van der Waals surface area contributed by atoms with Crippen LogP contribution in [0.1, 0.15) is 17.2 Å². The van der Waals surface area contributed by atoms with E-state index in [0.717, 1.165) is 5.56 Å². The van der Waals surface area contributed by atoms with Crippen LogP contribution in [-0.4, -0.2) is 10.0 Å². The average molecular weight is 340 g/mol. The fraction of sp³-hybridized carbons (Fsp3) is 0.143. The van der Waals surface area contributed by atoms with Gasteiger partial charge < -0.3 is 5.11 Å². The highest BCUT2D eigenvalue weighted by Crippen LogP contribution is 2.24. The zero-order valence-corrected chi connectivity index (χ0v) is 11.9. The smallest absolute Gasteiger partial charge is 0.269 e. The molecular weight excluding hydrogens is 329 g/mol. The summed E-state index contributed by atoms with van der Waals surface area (Å²) in [5.74, 6) is -0.392. The maximum absolute atomic E-state index is 13.1. The standard InChI is InChI=1S/C14H11BrFNO3/c15-12-8-10(3-6-13(12)16)14(18)7-9-1-4-11(5-2-9)17(19)20/h1-6,8,14,18H,7H2. The molecule has 2 rings (SSSR count). The van der Waals surface area contributed by atoms with Gasteiger partial charge in [-0.15, -0.1) is 0 Å². The maximum atomic E-state index is 13.1. The molecule has 1 N–H and O–H groups in total. The van der Waals surface area contributed by atoms with Crippen molar-refractivity contribution in [2.24, 2.45) is 0 Å². The van der Waals surface area contributed by atoms with Gasteiger partial charge in [0.1, 0.15) is 5.82 Å². The number of aliphatic hydroxyl groups is 1. The van der Waals surface area contributed by atoms with E-state index >= 15 is 0 Å². The van der Waals surface area contributed by atoms with Gasteiger partial charge in [-0.05, 0) is 39.2 Å². The third-order valence-electron chi connectivity index (χ3n) is 2.90. The van der Waals surface area contributed by atoms with Gasteiger partial charge in [0.25, 0.3) is 5.69 Å². The lowest BCUT2D eigenvalue weighted by Gasteiger charge is -2.11. The first-order valence-corrected chi connectivity index (χ1v) is 6.63. The quantitative estimate of drug-likeness (QED) is 0.681. The Labute approximate surface area is 123 Å². The molecule has 0 aliphatic heterocycles. The molecule has 0 bridgehead atoms. The van der Waals surface area contributed by atoms with Gasteiger partial charge in [-0.1, -0.05) is 18.2 Å². The van der Waals surface area contributed by atoms with Crippen LogP contribution in [0.3, 0.4) is 0 Å². The average Bonchev–Trinajstić information content (AvgIpc) is 2.42. The van der Waals surface area contributed by atoms with Crippen molar-refractivity contribution >= 4 is 21.6 Å². The maximum Gasteiger partial charge on any atom is 0.269 e. The van der Waals surface area contributed by atoms with Crippen molar-refractivity contribution in [2.75, 3.05) is 0 Å². The Bertz CT molecular complexity index is 631. The molecule has 104 valence electrons. The lowest BCUT2D eigenvalue weighted by Crippen LogP contribution is -2.02. The van der Waals surface area contributed by atoms with Crippen molar-refractivity contribution in [1.29, 1.82) is 0 Å². The summed E-state index contributed by atoms with van der Waals surface area (Å²) in [6, 6.07) is 10.3. The summed E-state index contributed by atoms with van der Waals surface area (Å²) >= 11 is 3.06. The molecule has 6 heteroatoms. The number of nitro groups is 1. The fourth-order valence-corrected chi connectivity index (χ4v) is 2.21. The highest BCUT2D eigenvalue weighted by Gasteiger charge is 2.12. The van der Waals surface area contributed by atoms with Crippen LogP contribution in [0.15, 0.2) is 46.9 Å². The second kappa shape index (κ2) is 6.11. The van der Waals surface area contributed by atoms with E-state index in [9.17, 15) is 19.6 Å². The van der Waals surface area contributed by atoms with Crippen LogP contribution in [-0.2, 0) is 6.42 Å². The third kappa shape index (κ3) is 3.40. The Hall–Kier alpha value is -1.79. The van der Waals surface area contributed by atoms with Gasteiger partial charge in [-0.25, -0.2) is 4.39 Å². The molecule has 2 aromatic carbocycles. The lowest BCUT2D eigenvalue weighted by molar-refractivity contribution is -0.384. The minimum Gasteiger partial charge on any atom is -0.388 e. The van der Waals surface area contributed by atoms with Gasteiger partial charge in [0.2, 0.25) is 0 Å². The predicted molar refractivity (Wildman–Crippen MR) is 75.9 cm³/mol. The Morgan fingerprint density at radius 3 is 2.45 bits per heavy atom. The van der Waals surface area contributed by atoms with E-state index in [-0.39, 0.29) is 10.2 Å². The first kappa shape index (κ1) is 14.6. The third-order valence-corrected chi connectivity index (χ3v) is 3.51. The second-order valence-corrected chi connectivity index (χ2v) is 5.17. The predicted octanol–water partition coefficient (Wildman–Crippen LogP) is 3.77. The molecule has 0 fully saturated rings. The van der Waals surface area contributed by atoms with Crippen molar-refractivity contribution in [1.82, 2.24) is 0 Å². The topological polar surface area (TPSA) is 63.4 Å². The number of hydrogen-bond acceptors (Lipinski definition) is 3. The number of rotatable bonds is 4. The van der Waals surface area contributed by atoms with Crippen LogP contribution in [0.25, 0.3) is 0 Å². The van der Waals surface area contributed by atoms with Crippen LogP contribution < -0.4 is 0 Å². The number of aliphatic hydroxyl groups excluding tert-OH is 1. The Morgan fingerprint density at radius 1 is 1.25 bits per heavy atom. The summed E-state index contributed by atoms with van der Waals surface area (Å²) in [4.78, 5) is 10.1. The van der Waals surface area contributed by atoms with Crippen LogP contribution in [0.4, 0.5) is 10.1 Å². The SMILES string of the molecule is O=[N+]([O-])c1ccc(CC(O)c2ccc(F)c(Br)c2)cc1. The highest BCUT2D eigenvalue weighted by atomic mass is 79.9. The first-order chi connectivity index (χ1) is 9.47. The molecule has 0 spiro atoms. The zero-order valence-electron chi connectivity index (χ0n) is 10.3. The van der Waals surface area contributed by atoms with E-state index in [4.69, 9.17) is 0 Å². The van der Waals surface area contributed by atoms with E-state index in [1.807, 2.05) is 0 Å². The summed E-state index contributed by atoms with van der Waals surface area (Å²) in [5.41, 5.74) is 1.35. The summed E-state index contributed by atoms with van der Waals surface area (Å²) in [7, 11) is 0. The van der Waals surface area contributed by atoms with E-state index in [0.29, 0.717) is 12.0 Å². The molecule has 0 saturated heterocycles. The molecule has 1 unspecified atom stereocenters. The number of nitrogens with zero attached hydrogens (tertiary/aromatic N) is 1. The summed E-state index contributed by atoms with van der Waals surface area (Å²) in [6.45, 7) is 0. The van der Waals surface area contributed by atoms with Crippen molar-refractivity contribution in [3.63, 3.8) is 0 Å². The largest absolute Gasteiger partial charge is 0.388 e. The molecule has 0 aliphatic rings. The molecule has 1 atom stereocenters. The molecule has 4 nitrogen and oxygen atoms in total. The van der Waals surface area contributed by atoms with Crippen molar-refractivity contribution in [2.45, 2.75) is 12.5 Å². The van der Waals surface area contributed by atoms with Crippen LogP contribution in [0, 0.1) is 15.9 Å². The number of non-ortho nitro benzene ring substituents is 1. The normalized spacial score (nSPS) is 12.2. The molecule has 0 aromatic heterocycles. The van der Waals surface area contributed by atoms with Gasteiger partial charge in [-0.2, -0.15) is 0 Å². The minimum atomic E-state index is -0.798. The van der Waals surface area contributed by atoms with Crippen molar-refractivity contribution < 1.29 is 14.4 Å². The van der Waals surface area contributed by atoms with E-state index < -0.39 is 16.8 Å². The van der Waals surface area contributed by atoms with Gasteiger partial charge in [0.15, 0.2) is 0 Å². The van der Waals surface area contributed by atoms with E-state index in [2.05, 4.69) is 15.9 Å². The van der Waals surface area contributed by atoms with E-state index in [1.54, 1.807) is 12.1 Å². The molecule has 0 radical (unpaired) electrons. The summed E-state index contributed by atoms with van der Waals surface area (Å²) < 4.78 is 13.4. The molecule has 0 amide bonds. The number of halogens is 2. The lowest BCUT2D eigenvalue weighted by atomic mass is 10.0. The van der Waals surface area contributed by atoms with Crippen molar-refractivity contribution in [3.8, 4) is 0 Å². The number of hydrogen-bond donors (Lipinski definition) is 1. The summed E-state index contributed by atoms with van der Waals surface area (Å²) in [5, 5.41) is 20.6. The molecule has 0 saturated carbocycles. The molecule has 0 heterocycles. The fourth-order valence-electron chi connectivity index (χ4n) is 1.81. The monoisotopic (exact) mass is 339 g/mol. The van der Waals surface area contributed by atoms with Gasteiger partial charge in [0, 0.05) is 18.6 Å². The molecule has 0 aliphatic carbocycles. The van der Waals surface area contributed by atoms with E-state index in [1.165, 1.54) is 30.3 Å². The Balaban J connectivity index is 2.12. The van der Waals surface area contributed by atoms with Crippen LogP contribution in [0.5, 0.6) is 0 Å². The van der Waals surface area contributed by atoms with Crippen LogP contribution in [0.2, 0.25) is 0 Å². The second-order valence-electron chi connectivity index (χ2n) is 4.32. The summed E-state index contributed by atoms with van der Waals surface area (Å²) in [6.07, 6.45) is -0.496. The number of benzene rings is 2. The van der Waals surface area contributed by atoms with Gasteiger partial charge in [0.05, 0.1) is 15.5 Å². The Kier molecular flexibility index (Phi) is 4.46. The van der Waals surface area contributed by atoms with Gasteiger partial charge in [-0.3, -0.25) is 10.1 Å².